The van der Waals surface area contributed by atoms with Gasteiger partial charge in [-0.2, -0.15) is 0 Å². The lowest BCUT2D eigenvalue weighted by molar-refractivity contribution is -0.125. The molecule has 0 saturated carbocycles. The van der Waals surface area contributed by atoms with E-state index in [1.165, 1.54) is 0 Å². The van der Waals surface area contributed by atoms with E-state index in [1.54, 1.807) is 13.2 Å². The molecule has 5 heteroatoms. The first kappa shape index (κ1) is 16.8. The third kappa shape index (κ3) is 4.69. The highest BCUT2D eigenvalue weighted by molar-refractivity contribution is 6.31. The molecule has 0 bridgehead atoms. The largest absolute Gasteiger partial charge is 0.496 e. The molecule has 20 heavy (non-hydrogen) atoms. The predicted molar refractivity (Wildman–Crippen MR) is 81.9 cm³/mol. The van der Waals surface area contributed by atoms with Crippen LogP contribution in [-0.4, -0.2) is 19.6 Å². The molecule has 1 aromatic carbocycles. The molecule has 1 unspecified atom stereocenters. The second-order valence-corrected chi connectivity index (χ2v) is 5.61. The minimum Gasteiger partial charge on any atom is -0.496 e. The molecular formula is C15H23ClN2O2. The smallest absolute Gasteiger partial charge is 0.224 e. The van der Waals surface area contributed by atoms with Gasteiger partial charge in [-0.05, 0) is 24.5 Å². The molecule has 1 aromatic rings. The number of hydrogen-bond acceptors (Lipinski definition) is 3. The molecule has 112 valence electrons. The van der Waals surface area contributed by atoms with Gasteiger partial charge in [0.25, 0.3) is 0 Å². The van der Waals surface area contributed by atoms with Crippen molar-refractivity contribution in [3.8, 4) is 5.75 Å². The van der Waals surface area contributed by atoms with E-state index in [2.05, 4.69) is 19.2 Å². The Morgan fingerprint density at radius 2 is 2.15 bits per heavy atom. The lowest BCUT2D eigenvalue weighted by Crippen LogP contribution is -2.35. The van der Waals surface area contributed by atoms with Gasteiger partial charge in [0.1, 0.15) is 5.75 Å². The summed E-state index contributed by atoms with van der Waals surface area (Å²) in [5.74, 6) is 0.904. The summed E-state index contributed by atoms with van der Waals surface area (Å²) in [6.45, 7) is 4.85. The zero-order valence-corrected chi connectivity index (χ0v) is 13.0. The first-order chi connectivity index (χ1) is 9.49. The van der Waals surface area contributed by atoms with Crippen molar-refractivity contribution in [3.05, 3.63) is 28.8 Å². The average molecular weight is 299 g/mol. The zero-order chi connectivity index (χ0) is 15.1. The monoisotopic (exact) mass is 298 g/mol. The molecule has 0 saturated heterocycles. The number of benzene rings is 1. The summed E-state index contributed by atoms with van der Waals surface area (Å²) in [4.78, 5) is 12.1. The molecular weight excluding hydrogens is 276 g/mol. The first-order valence-electron chi connectivity index (χ1n) is 6.78. The van der Waals surface area contributed by atoms with Crippen LogP contribution >= 0.6 is 11.6 Å². The molecule has 1 rings (SSSR count). The van der Waals surface area contributed by atoms with Crippen LogP contribution in [0.25, 0.3) is 0 Å². The number of amides is 1. The fourth-order valence-electron chi connectivity index (χ4n) is 2.10. The Balaban J connectivity index is 2.69. The Morgan fingerprint density at radius 1 is 1.45 bits per heavy atom. The van der Waals surface area contributed by atoms with Crippen LogP contribution in [0.4, 0.5) is 0 Å². The fourth-order valence-corrected chi connectivity index (χ4v) is 2.33. The zero-order valence-electron chi connectivity index (χ0n) is 12.3. The van der Waals surface area contributed by atoms with Crippen molar-refractivity contribution in [2.24, 2.45) is 17.6 Å². The number of nitrogens with two attached hydrogens (primary N) is 1. The van der Waals surface area contributed by atoms with Gasteiger partial charge in [0.15, 0.2) is 0 Å². The molecule has 0 radical (unpaired) electrons. The van der Waals surface area contributed by atoms with Crippen molar-refractivity contribution in [3.63, 3.8) is 0 Å². The molecule has 0 aromatic heterocycles. The third-order valence-electron chi connectivity index (χ3n) is 3.15. The van der Waals surface area contributed by atoms with Gasteiger partial charge in [-0.25, -0.2) is 0 Å². The highest BCUT2D eigenvalue weighted by Crippen LogP contribution is 2.26. The summed E-state index contributed by atoms with van der Waals surface area (Å²) < 4.78 is 5.25. The Morgan fingerprint density at radius 3 is 2.70 bits per heavy atom. The van der Waals surface area contributed by atoms with Crippen molar-refractivity contribution in [2.45, 2.75) is 26.8 Å². The van der Waals surface area contributed by atoms with Crippen LogP contribution in [0.2, 0.25) is 5.02 Å². The van der Waals surface area contributed by atoms with Crippen molar-refractivity contribution in [1.29, 1.82) is 0 Å². The maximum Gasteiger partial charge on any atom is 0.224 e. The number of halogens is 1. The van der Waals surface area contributed by atoms with E-state index in [-0.39, 0.29) is 11.8 Å². The summed E-state index contributed by atoms with van der Waals surface area (Å²) in [6, 6.07) is 5.41. The van der Waals surface area contributed by atoms with Crippen LogP contribution in [-0.2, 0) is 11.3 Å². The van der Waals surface area contributed by atoms with Crippen molar-refractivity contribution < 1.29 is 9.53 Å². The first-order valence-corrected chi connectivity index (χ1v) is 7.16. The van der Waals surface area contributed by atoms with Crippen LogP contribution in [0.15, 0.2) is 18.2 Å². The normalized spacial score (nSPS) is 12.3. The van der Waals surface area contributed by atoms with Crippen LogP contribution in [0.3, 0.4) is 0 Å². The number of hydrogen-bond donors (Lipinski definition) is 2. The van der Waals surface area contributed by atoms with E-state index in [0.717, 1.165) is 12.0 Å². The number of nitrogens with one attached hydrogen (secondary N) is 1. The Hall–Kier alpha value is -1.26. The molecule has 0 spiro atoms. The SMILES string of the molecule is COc1cccc(Cl)c1CNC(=O)C(CN)CC(C)C. The molecule has 0 heterocycles. The molecule has 0 aliphatic carbocycles. The van der Waals surface area contributed by atoms with Gasteiger partial charge in [-0.15, -0.1) is 0 Å². The molecule has 0 fully saturated rings. The van der Waals surface area contributed by atoms with Crippen molar-refractivity contribution >= 4 is 17.5 Å². The highest BCUT2D eigenvalue weighted by Gasteiger charge is 2.18. The maximum absolute atomic E-state index is 12.1. The molecule has 4 nitrogen and oxygen atoms in total. The number of carbonyl (C=O) groups is 1. The van der Waals surface area contributed by atoms with Gasteiger partial charge < -0.3 is 15.8 Å². The van der Waals surface area contributed by atoms with E-state index in [4.69, 9.17) is 22.1 Å². The Bertz CT molecular complexity index is 449. The summed E-state index contributed by atoms with van der Waals surface area (Å²) in [5, 5.41) is 3.47. The van der Waals surface area contributed by atoms with Crippen LogP contribution in [0, 0.1) is 11.8 Å². The van der Waals surface area contributed by atoms with Gasteiger partial charge in [0.2, 0.25) is 5.91 Å². The summed E-state index contributed by atoms with van der Waals surface area (Å²) in [7, 11) is 1.58. The molecule has 0 aliphatic heterocycles. The second-order valence-electron chi connectivity index (χ2n) is 5.20. The molecule has 1 atom stereocenters. The van der Waals surface area contributed by atoms with E-state index >= 15 is 0 Å². The average Bonchev–Trinajstić information content (AvgIpc) is 2.42. The third-order valence-corrected chi connectivity index (χ3v) is 3.50. The van der Waals surface area contributed by atoms with Crippen LogP contribution < -0.4 is 15.8 Å². The van der Waals surface area contributed by atoms with Gasteiger partial charge in [0, 0.05) is 23.7 Å². The molecule has 3 N–H and O–H groups in total. The number of ether oxygens (including phenoxy) is 1. The van der Waals surface area contributed by atoms with Crippen molar-refractivity contribution in [2.75, 3.05) is 13.7 Å². The van der Waals surface area contributed by atoms with Crippen LogP contribution in [0.5, 0.6) is 5.75 Å². The van der Waals surface area contributed by atoms with Gasteiger partial charge >= 0.3 is 0 Å². The predicted octanol–water partition coefficient (Wildman–Crippen LogP) is 2.59. The topological polar surface area (TPSA) is 64.3 Å². The quantitative estimate of drug-likeness (QED) is 0.813. The van der Waals surface area contributed by atoms with Gasteiger partial charge in [-0.1, -0.05) is 31.5 Å². The van der Waals surface area contributed by atoms with Gasteiger partial charge in [-0.3, -0.25) is 4.79 Å². The maximum atomic E-state index is 12.1. The van der Waals surface area contributed by atoms with E-state index in [9.17, 15) is 4.79 Å². The van der Waals surface area contributed by atoms with E-state index in [0.29, 0.717) is 29.8 Å². The van der Waals surface area contributed by atoms with E-state index < -0.39 is 0 Å². The summed E-state index contributed by atoms with van der Waals surface area (Å²) >= 11 is 6.13. The lowest BCUT2D eigenvalue weighted by atomic mass is 9.96. The number of rotatable bonds is 7. The summed E-state index contributed by atoms with van der Waals surface area (Å²) in [5.41, 5.74) is 6.45. The summed E-state index contributed by atoms with van der Waals surface area (Å²) in [6.07, 6.45) is 0.780. The second kappa shape index (κ2) is 8.12. The number of carbonyl (C=O) groups excluding carboxylic acids is 1. The minimum absolute atomic E-state index is 0.0387. The standard InChI is InChI=1S/C15H23ClN2O2/c1-10(2)7-11(8-17)15(19)18-9-12-13(16)5-4-6-14(12)20-3/h4-6,10-11H,7-9,17H2,1-3H3,(H,18,19). The minimum atomic E-state index is -0.163. The van der Waals surface area contributed by atoms with Crippen LogP contribution in [0.1, 0.15) is 25.8 Å². The lowest BCUT2D eigenvalue weighted by Gasteiger charge is -2.18. The van der Waals surface area contributed by atoms with E-state index in [1.807, 2.05) is 12.1 Å². The van der Waals surface area contributed by atoms with Crippen molar-refractivity contribution in [1.82, 2.24) is 5.32 Å². The number of methoxy groups -OCH3 is 1. The Labute approximate surface area is 125 Å². The highest BCUT2D eigenvalue weighted by atomic mass is 35.5. The Kier molecular flexibility index (Phi) is 6.82. The van der Waals surface area contributed by atoms with Gasteiger partial charge in [0.05, 0.1) is 13.0 Å². The molecule has 1 amide bonds. The fraction of sp³-hybridized carbons (Fsp3) is 0.533. The molecule has 0 aliphatic rings.